The molecule has 4 heteroatoms. The van der Waals surface area contributed by atoms with E-state index in [0.29, 0.717) is 19.8 Å². The van der Waals surface area contributed by atoms with Crippen LogP contribution in [0.15, 0.2) is 18.2 Å². The van der Waals surface area contributed by atoms with Crippen LogP contribution in [0, 0.1) is 17.0 Å². The Hall–Kier alpha value is -1.16. The van der Waals surface area contributed by atoms with Gasteiger partial charge < -0.3 is 10.1 Å². The lowest BCUT2D eigenvalue weighted by Crippen LogP contribution is -2.45. The standard InChI is InChI=1S/C11H13F2NO/c1-11(6-15-7-11)5-14-10-4-8(12)2-3-9(10)13/h2-4,14H,5-7H2,1H3. The number of halogens is 2. The van der Waals surface area contributed by atoms with Gasteiger partial charge >= 0.3 is 0 Å². The fraction of sp³-hybridized carbons (Fsp3) is 0.455. The maximum atomic E-state index is 13.2. The molecule has 15 heavy (non-hydrogen) atoms. The summed E-state index contributed by atoms with van der Waals surface area (Å²) in [6.45, 7) is 3.96. The molecule has 0 bridgehead atoms. The first-order chi connectivity index (χ1) is 7.09. The normalized spacial score (nSPS) is 18.3. The average molecular weight is 213 g/mol. The first-order valence-corrected chi connectivity index (χ1v) is 4.86. The van der Waals surface area contributed by atoms with E-state index in [4.69, 9.17) is 4.74 Å². The van der Waals surface area contributed by atoms with E-state index < -0.39 is 11.6 Å². The molecule has 1 saturated heterocycles. The van der Waals surface area contributed by atoms with Gasteiger partial charge in [0.25, 0.3) is 0 Å². The summed E-state index contributed by atoms with van der Waals surface area (Å²) in [6.07, 6.45) is 0. The highest BCUT2D eigenvalue weighted by atomic mass is 19.1. The lowest BCUT2D eigenvalue weighted by Gasteiger charge is -2.38. The van der Waals surface area contributed by atoms with E-state index in [0.717, 1.165) is 18.2 Å². The molecule has 0 spiro atoms. The quantitative estimate of drug-likeness (QED) is 0.832. The molecule has 0 aliphatic carbocycles. The number of hydrogen-bond acceptors (Lipinski definition) is 2. The molecule has 1 fully saturated rings. The van der Waals surface area contributed by atoms with Crippen molar-refractivity contribution in [2.24, 2.45) is 5.41 Å². The molecule has 1 aliphatic rings. The van der Waals surface area contributed by atoms with E-state index >= 15 is 0 Å². The summed E-state index contributed by atoms with van der Waals surface area (Å²) >= 11 is 0. The SMILES string of the molecule is CC1(CNc2cc(F)ccc2F)COC1. The van der Waals surface area contributed by atoms with Crippen LogP contribution in [0.4, 0.5) is 14.5 Å². The Labute approximate surface area is 87.2 Å². The van der Waals surface area contributed by atoms with E-state index in [1.165, 1.54) is 0 Å². The third-order valence-electron chi connectivity index (χ3n) is 2.54. The van der Waals surface area contributed by atoms with Crippen LogP contribution in [-0.4, -0.2) is 19.8 Å². The monoisotopic (exact) mass is 213 g/mol. The van der Waals surface area contributed by atoms with Crippen LogP contribution >= 0.6 is 0 Å². The van der Waals surface area contributed by atoms with Crippen molar-refractivity contribution in [3.05, 3.63) is 29.8 Å². The third kappa shape index (κ3) is 2.26. The summed E-state index contributed by atoms with van der Waals surface area (Å²) < 4.78 is 31.1. The van der Waals surface area contributed by atoms with E-state index in [2.05, 4.69) is 5.32 Å². The van der Waals surface area contributed by atoms with Gasteiger partial charge in [-0.15, -0.1) is 0 Å². The molecular formula is C11H13F2NO. The first kappa shape index (κ1) is 10.4. The Bertz CT molecular complexity index is 364. The molecule has 1 aliphatic heterocycles. The van der Waals surface area contributed by atoms with E-state index in [1.54, 1.807) is 0 Å². The second kappa shape index (κ2) is 3.77. The van der Waals surface area contributed by atoms with Crippen molar-refractivity contribution in [3.8, 4) is 0 Å². The number of ether oxygens (including phenoxy) is 1. The Balaban J connectivity index is 2.01. The zero-order valence-corrected chi connectivity index (χ0v) is 8.52. The zero-order chi connectivity index (χ0) is 10.9. The summed E-state index contributed by atoms with van der Waals surface area (Å²) in [5, 5.41) is 2.90. The van der Waals surface area contributed by atoms with Crippen molar-refractivity contribution in [2.75, 3.05) is 25.1 Å². The molecule has 1 heterocycles. The van der Waals surface area contributed by atoms with Crippen molar-refractivity contribution in [3.63, 3.8) is 0 Å². The van der Waals surface area contributed by atoms with Gasteiger partial charge in [-0.1, -0.05) is 6.92 Å². The Morgan fingerprint density at radius 3 is 2.73 bits per heavy atom. The number of anilines is 1. The number of benzene rings is 1. The molecule has 0 saturated carbocycles. The highest BCUT2D eigenvalue weighted by molar-refractivity contribution is 5.45. The van der Waals surface area contributed by atoms with Gasteiger partial charge in [0.05, 0.1) is 18.9 Å². The minimum Gasteiger partial charge on any atom is -0.382 e. The number of hydrogen-bond donors (Lipinski definition) is 1. The molecule has 0 unspecified atom stereocenters. The summed E-state index contributed by atoms with van der Waals surface area (Å²) in [4.78, 5) is 0. The topological polar surface area (TPSA) is 21.3 Å². The summed E-state index contributed by atoms with van der Waals surface area (Å²) in [7, 11) is 0. The van der Waals surface area contributed by atoms with E-state index in [1.807, 2.05) is 6.92 Å². The van der Waals surface area contributed by atoms with Crippen LogP contribution in [0.25, 0.3) is 0 Å². The molecule has 1 aromatic carbocycles. The second-order valence-corrected chi connectivity index (χ2v) is 4.28. The molecule has 82 valence electrons. The van der Waals surface area contributed by atoms with Gasteiger partial charge in [-0.2, -0.15) is 0 Å². The minimum atomic E-state index is -0.436. The van der Waals surface area contributed by atoms with Gasteiger partial charge in [0.2, 0.25) is 0 Å². The lowest BCUT2D eigenvalue weighted by atomic mass is 9.89. The maximum Gasteiger partial charge on any atom is 0.146 e. The molecule has 1 aromatic rings. The van der Waals surface area contributed by atoms with Gasteiger partial charge in [0.15, 0.2) is 0 Å². The largest absolute Gasteiger partial charge is 0.382 e. The Morgan fingerprint density at radius 2 is 2.13 bits per heavy atom. The highest BCUT2D eigenvalue weighted by Crippen LogP contribution is 2.27. The maximum absolute atomic E-state index is 13.2. The van der Waals surface area contributed by atoms with Crippen molar-refractivity contribution < 1.29 is 13.5 Å². The first-order valence-electron chi connectivity index (χ1n) is 4.86. The van der Waals surface area contributed by atoms with E-state index in [9.17, 15) is 8.78 Å². The van der Waals surface area contributed by atoms with E-state index in [-0.39, 0.29) is 11.1 Å². The second-order valence-electron chi connectivity index (χ2n) is 4.28. The number of nitrogens with one attached hydrogen (secondary N) is 1. The minimum absolute atomic E-state index is 0.0404. The van der Waals surface area contributed by atoms with Crippen molar-refractivity contribution in [1.82, 2.24) is 0 Å². The van der Waals surface area contributed by atoms with Gasteiger partial charge in [-0.3, -0.25) is 0 Å². The molecule has 2 nitrogen and oxygen atoms in total. The molecular weight excluding hydrogens is 200 g/mol. The molecule has 0 radical (unpaired) electrons. The lowest BCUT2D eigenvalue weighted by molar-refractivity contribution is -0.0924. The van der Waals surface area contributed by atoms with Crippen molar-refractivity contribution in [1.29, 1.82) is 0 Å². The molecule has 0 atom stereocenters. The Morgan fingerprint density at radius 1 is 1.40 bits per heavy atom. The van der Waals surface area contributed by atoms with Crippen LogP contribution in [0.5, 0.6) is 0 Å². The highest BCUT2D eigenvalue weighted by Gasteiger charge is 2.33. The average Bonchev–Trinajstić information content (AvgIpc) is 2.17. The predicted molar refractivity (Wildman–Crippen MR) is 53.8 cm³/mol. The fourth-order valence-electron chi connectivity index (χ4n) is 1.49. The summed E-state index contributed by atoms with van der Waals surface area (Å²) in [6, 6.07) is 3.39. The number of rotatable bonds is 3. The molecule has 0 amide bonds. The van der Waals surface area contributed by atoms with Gasteiger partial charge in [0.1, 0.15) is 11.6 Å². The zero-order valence-electron chi connectivity index (χ0n) is 8.52. The van der Waals surface area contributed by atoms with Crippen LogP contribution < -0.4 is 5.32 Å². The molecule has 0 aromatic heterocycles. The molecule has 1 N–H and O–H groups in total. The third-order valence-corrected chi connectivity index (χ3v) is 2.54. The van der Waals surface area contributed by atoms with Crippen LogP contribution in [0.3, 0.4) is 0 Å². The van der Waals surface area contributed by atoms with Gasteiger partial charge in [-0.25, -0.2) is 8.78 Å². The van der Waals surface area contributed by atoms with Crippen LogP contribution in [0.1, 0.15) is 6.92 Å². The smallest absolute Gasteiger partial charge is 0.146 e. The van der Waals surface area contributed by atoms with Gasteiger partial charge in [-0.05, 0) is 18.2 Å². The van der Waals surface area contributed by atoms with Crippen LogP contribution in [-0.2, 0) is 4.74 Å². The Kier molecular flexibility index (Phi) is 2.61. The van der Waals surface area contributed by atoms with Crippen LogP contribution in [0.2, 0.25) is 0 Å². The fourth-order valence-corrected chi connectivity index (χ4v) is 1.49. The van der Waals surface area contributed by atoms with Crippen molar-refractivity contribution >= 4 is 5.69 Å². The van der Waals surface area contributed by atoms with Gasteiger partial charge in [0, 0.05) is 12.0 Å². The van der Waals surface area contributed by atoms with Crippen molar-refractivity contribution in [2.45, 2.75) is 6.92 Å². The summed E-state index contributed by atoms with van der Waals surface area (Å²) in [5.74, 6) is -0.867. The predicted octanol–water partition coefficient (Wildman–Crippen LogP) is 2.41. The molecule has 2 rings (SSSR count). The summed E-state index contributed by atoms with van der Waals surface area (Å²) in [5.41, 5.74) is 0.252.